The third-order valence-electron chi connectivity index (χ3n) is 4.35. The number of nitrogens with one attached hydrogen (secondary N) is 1. The fourth-order valence-electron chi connectivity index (χ4n) is 2.85. The highest BCUT2D eigenvalue weighted by Gasteiger charge is 2.49. The molecule has 1 aromatic carbocycles. The summed E-state index contributed by atoms with van der Waals surface area (Å²) < 4.78 is 46.9. The van der Waals surface area contributed by atoms with E-state index in [9.17, 15) is 8.77 Å². The Morgan fingerprint density at radius 2 is 1.63 bits per heavy atom. The minimum atomic E-state index is -3.57. The van der Waals surface area contributed by atoms with Gasteiger partial charge in [-0.15, -0.1) is 0 Å². The molecule has 0 bridgehead atoms. The predicted octanol–water partition coefficient (Wildman–Crippen LogP) is 6.15. The van der Waals surface area contributed by atoms with Crippen molar-refractivity contribution in [2.75, 3.05) is 26.0 Å². The molecule has 0 aromatic heterocycles. The van der Waals surface area contributed by atoms with Crippen molar-refractivity contribution >= 4 is 41.6 Å². The summed E-state index contributed by atoms with van der Waals surface area (Å²) in [4.78, 5) is 0. The zero-order chi connectivity index (χ0) is 23.2. The first-order chi connectivity index (χ1) is 13.8. The number of ether oxygens (including phenoxy) is 2. The standard InChI is InChI=1S/C20H34Cl2NO5PS/c1-8-26-20(7,27-9-2)29(24,28-10-3)14-18(23-30(25)19(4,5)6)16-12-11-15(21)13-17(16)22/h11-13,18,23H,8-10,14H2,1-7H3/t18-,29?,30?/m0/s1. The van der Waals surface area contributed by atoms with Gasteiger partial charge in [-0.25, -0.2) is 8.93 Å². The van der Waals surface area contributed by atoms with Crippen LogP contribution in [0.4, 0.5) is 0 Å². The number of benzene rings is 1. The lowest BCUT2D eigenvalue weighted by Crippen LogP contribution is -2.40. The normalized spacial score (nSPS) is 16.8. The summed E-state index contributed by atoms with van der Waals surface area (Å²) in [5.41, 5.74) is -0.830. The highest BCUT2D eigenvalue weighted by Crippen LogP contribution is 2.62. The fraction of sp³-hybridized carbons (Fsp3) is 0.700. The van der Waals surface area contributed by atoms with E-state index in [0.29, 0.717) is 28.8 Å². The lowest BCUT2D eigenvalue weighted by atomic mass is 10.1. The van der Waals surface area contributed by atoms with Crippen molar-refractivity contribution in [1.82, 2.24) is 4.72 Å². The van der Waals surface area contributed by atoms with Crippen molar-refractivity contribution in [2.24, 2.45) is 0 Å². The Morgan fingerprint density at radius 1 is 1.07 bits per heavy atom. The maximum absolute atomic E-state index is 14.1. The molecule has 6 nitrogen and oxygen atoms in total. The highest BCUT2D eigenvalue weighted by atomic mass is 35.5. The van der Waals surface area contributed by atoms with Crippen molar-refractivity contribution in [3.63, 3.8) is 0 Å². The Morgan fingerprint density at radius 3 is 2.07 bits per heavy atom. The summed E-state index contributed by atoms with van der Waals surface area (Å²) in [5, 5.41) is 0.851. The van der Waals surface area contributed by atoms with Crippen molar-refractivity contribution < 1.29 is 22.8 Å². The lowest BCUT2D eigenvalue weighted by Gasteiger charge is -2.38. The van der Waals surface area contributed by atoms with Crippen molar-refractivity contribution in [3.8, 4) is 0 Å². The topological polar surface area (TPSA) is 73.9 Å². The van der Waals surface area contributed by atoms with Gasteiger partial charge >= 0.3 is 0 Å². The molecule has 0 aliphatic rings. The second kappa shape index (κ2) is 11.8. The molecular weight excluding hydrogens is 468 g/mol. The van der Waals surface area contributed by atoms with Gasteiger partial charge in [0, 0.05) is 23.3 Å². The molecule has 3 atom stereocenters. The second-order valence-electron chi connectivity index (χ2n) is 7.75. The number of hydrogen-bond donors (Lipinski definition) is 1. The van der Waals surface area contributed by atoms with Crippen LogP contribution in [0.5, 0.6) is 0 Å². The molecule has 0 heterocycles. The minimum Gasteiger partial charge on any atom is -0.342 e. The lowest BCUT2D eigenvalue weighted by molar-refractivity contribution is -0.168. The van der Waals surface area contributed by atoms with Crippen LogP contribution in [-0.4, -0.2) is 40.5 Å². The summed E-state index contributed by atoms with van der Waals surface area (Å²) in [7, 11) is -5.02. The van der Waals surface area contributed by atoms with Gasteiger partial charge in [0.2, 0.25) is 5.53 Å². The van der Waals surface area contributed by atoms with Crippen LogP contribution in [0.25, 0.3) is 0 Å². The third-order valence-corrected chi connectivity index (χ3v) is 9.54. The first-order valence-corrected chi connectivity index (χ1v) is 13.7. The molecule has 174 valence electrons. The second-order valence-corrected chi connectivity index (χ2v) is 13.4. The monoisotopic (exact) mass is 501 g/mol. The van der Waals surface area contributed by atoms with Gasteiger partial charge in [-0.1, -0.05) is 29.3 Å². The molecule has 0 saturated carbocycles. The first kappa shape index (κ1) is 28.1. The number of halogens is 2. The molecule has 0 aliphatic heterocycles. The summed E-state index contributed by atoms with van der Waals surface area (Å²) in [6.07, 6.45) is -0.0273. The van der Waals surface area contributed by atoms with Crippen LogP contribution in [0.1, 0.15) is 60.1 Å². The Kier molecular flexibility index (Phi) is 11.0. The average Bonchev–Trinajstić information content (AvgIpc) is 2.61. The third kappa shape index (κ3) is 7.28. The van der Waals surface area contributed by atoms with Crippen LogP contribution in [0.3, 0.4) is 0 Å². The molecule has 1 rings (SSSR count). The van der Waals surface area contributed by atoms with Gasteiger partial charge in [0.25, 0.3) is 7.37 Å². The molecule has 0 fully saturated rings. The molecule has 1 N–H and O–H groups in total. The van der Waals surface area contributed by atoms with Gasteiger partial charge in [-0.05, 0) is 66.2 Å². The Balaban J connectivity index is 3.49. The van der Waals surface area contributed by atoms with Crippen LogP contribution in [-0.2, 0) is 29.5 Å². The van der Waals surface area contributed by atoms with Crippen LogP contribution in [0.15, 0.2) is 18.2 Å². The van der Waals surface area contributed by atoms with Crippen molar-refractivity contribution in [2.45, 2.75) is 64.8 Å². The van der Waals surface area contributed by atoms with Crippen LogP contribution in [0, 0.1) is 0 Å². The van der Waals surface area contributed by atoms with E-state index in [0.717, 1.165) is 0 Å². The van der Waals surface area contributed by atoms with E-state index in [2.05, 4.69) is 4.72 Å². The Bertz CT molecular complexity index is 766. The van der Waals surface area contributed by atoms with Gasteiger partial charge in [-0.2, -0.15) is 0 Å². The van der Waals surface area contributed by atoms with E-state index in [1.165, 1.54) is 0 Å². The molecule has 0 aliphatic carbocycles. The Hall–Kier alpha value is 0.0200. The van der Waals surface area contributed by atoms with Crippen LogP contribution < -0.4 is 4.72 Å². The average molecular weight is 502 g/mol. The van der Waals surface area contributed by atoms with Gasteiger partial charge < -0.3 is 14.0 Å². The SMILES string of the molecule is CCOC(C)(OCC)P(=O)(C[C@H](NS(=O)C(C)(C)C)c1ccc(Cl)cc1Cl)OCC. The Labute approximate surface area is 193 Å². The number of hydrogen-bond acceptors (Lipinski definition) is 5. The van der Waals surface area contributed by atoms with Crippen LogP contribution >= 0.6 is 30.6 Å². The summed E-state index contributed by atoms with van der Waals surface area (Å²) in [6.45, 7) is 13.3. The molecule has 10 heteroatoms. The van der Waals surface area contributed by atoms with E-state index >= 15 is 0 Å². The van der Waals surface area contributed by atoms with E-state index in [1.54, 1.807) is 45.9 Å². The smallest absolute Gasteiger partial charge is 0.262 e. The van der Waals surface area contributed by atoms with E-state index < -0.39 is 34.7 Å². The summed E-state index contributed by atoms with van der Waals surface area (Å²) >= 11 is 12.5. The summed E-state index contributed by atoms with van der Waals surface area (Å²) in [6, 6.07) is 4.38. The maximum Gasteiger partial charge on any atom is 0.262 e. The minimum absolute atomic E-state index is 0.0273. The molecule has 0 saturated heterocycles. The zero-order valence-electron chi connectivity index (χ0n) is 18.8. The van der Waals surface area contributed by atoms with Crippen molar-refractivity contribution in [3.05, 3.63) is 33.8 Å². The van der Waals surface area contributed by atoms with Gasteiger partial charge in [-0.3, -0.25) is 4.57 Å². The largest absolute Gasteiger partial charge is 0.342 e. The molecule has 2 unspecified atom stereocenters. The molecule has 30 heavy (non-hydrogen) atoms. The maximum atomic E-state index is 14.1. The van der Waals surface area contributed by atoms with E-state index in [1.807, 2.05) is 20.8 Å². The van der Waals surface area contributed by atoms with Crippen LogP contribution in [0.2, 0.25) is 10.0 Å². The molecule has 0 spiro atoms. The predicted molar refractivity (Wildman–Crippen MR) is 126 cm³/mol. The summed E-state index contributed by atoms with van der Waals surface area (Å²) in [5.74, 6) is 0. The van der Waals surface area contributed by atoms with Gasteiger partial charge in [0.15, 0.2) is 0 Å². The highest BCUT2D eigenvalue weighted by molar-refractivity contribution is 7.84. The zero-order valence-corrected chi connectivity index (χ0v) is 22.0. The van der Waals surface area contributed by atoms with E-state index in [4.69, 9.17) is 37.2 Å². The molecule has 0 radical (unpaired) electrons. The molecule has 0 amide bonds. The van der Waals surface area contributed by atoms with Gasteiger partial charge in [0.1, 0.15) is 0 Å². The molecule has 1 aromatic rings. The van der Waals surface area contributed by atoms with E-state index in [-0.39, 0.29) is 12.8 Å². The fourth-order valence-corrected chi connectivity index (χ4v) is 6.84. The first-order valence-electron chi connectivity index (χ1n) is 9.98. The van der Waals surface area contributed by atoms with Gasteiger partial charge in [0.05, 0.1) is 34.5 Å². The number of rotatable bonds is 12. The molecular formula is C20H34Cl2NO5PS. The van der Waals surface area contributed by atoms with Crippen molar-refractivity contribution in [1.29, 1.82) is 0 Å². The quantitative estimate of drug-likeness (QED) is 0.274.